The number of rotatable bonds is 13. The summed E-state index contributed by atoms with van der Waals surface area (Å²) in [7, 11) is 0. The number of likely N-dealkylation sites (tertiary alicyclic amines) is 1. The maximum atomic E-state index is 14.1. The molecule has 3 aliphatic rings. The minimum Gasteiger partial charge on any atom is -0.461 e. The summed E-state index contributed by atoms with van der Waals surface area (Å²) in [6, 6.07) is -0.635. The Hall–Kier alpha value is -1.80. The van der Waals surface area contributed by atoms with Crippen LogP contribution in [0.3, 0.4) is 0 Å². The minimum absolute atomic E-state index is 0.0324. The van der Waals surface area contributed by atoms with E-state index in [1.807, 2.05) is 20.8 Å². The van der Waals surface area contributed by atoms with Gasteiger partial charge in [-0.05, 0) is 46.5 Å². The zero-order valence-corrected chi connectivity index (χ0v) is 21.6. The number of unbranched alkanes of at least 4 members (excludes halogenated alkanes) is 3. The first-order chi connectivity index (χ1) is 16.2. The number of ether oxygens (including phenoxy) is 1. The molecule has 3 aliphatic heterocycles. The topological polar surface area (TPSA) is 87.1 Å². The summed E-state index contributed by atoms with van der Waals surface area (Å²) >= 11 is 1.66. The smallest absolute Gasteiger partial charge is 0.311 e. The summed E-state index contributed by atoms with van der Waals surface area (Å²) in [4.78, 5) is 44.7. The third-order valence-electron chi connectivity index (χ3n) is 7.65. The number of amides is 2. The highest BCUT2D eigenvalue weighted by Crippen LogP contribution is 2.71. The largest absolute Gasteiger partial charge is 0.461 e. The standard InChI is InChI=1S/C26H40N2O5S/c1-6-14-27(18(3)4)23(31)21-26-13-12-25(5,34-26)20(24(32)33-17-7-2)19(26)22(30)28(21)15-10-8-9-11-16-29/h6-7,18-21,29H,1-2,8-17H2,3-5H3/t19-,20-,21?,25+,26?/m0/s1. The molecule has 0 aromatic carbocycles. The average Bonchev–Trinajstić information content (AvgIpc) is 3.36. The molecular weight excluding hydrogens is 452 g/mol. The SMILES string of the molecule is C=CCOC(=O)[C@@H]1[C@H]2C(=O)N(CCCCCCO)C(C(=O)N(CC=C)C(C)C)C23CC[C@@]1(C)S3. The molecule has 3 heterocycles. The fraction of sp³-hybridized carbons (Fsp3) is 0.731. The molecule has 190 valence electrons. The highest BCUT2D eigenvalue weighted by Gasteiger charge is 2.77. The Morgan fingerprint density at radius 3 is 2.56 bits per heavy atom. The van der Waals surface area contributed by atoms with E-state index < -0.39 is 27.4 Å². The van der Waals surface area contributed by atoms with E-state index in [1.165, 1.54) is 6.08 Å². The molecule has 1 N–H and O–H groups in total. The molecule has 5 atom stereocenters. The van der Waals surface area contributed by atoms with Gasteiger partial charge < -0.3 is 19.6 Å². The van der Waals surface area contributed by atoms with Crippen LogP contribution in [0.5, 0.6) is 0 Å². The van der Waals surface area contributed by atoms with Crippen LogP contribution >= 0.6 is 11.8 Å². The van der Waals surface area contributed by atoms with Gasteiger partial charge >= 0.3 is 5.97 Å². The van der Waals surface area contributed by atoms with Gasteiger partial charge in [0.05, 0.1) is 16.6 Å². The van der Waals surface area contributed by atoms with E-state index in [0.717, 1.165) is 38.5 Å². The Morgan fingerprint density at radius 1 is 1.24 bits per heavy atom. The van der Waals surface area contributed by atoms with E-state index in [0.29, 0.717) is 13.1 Å². The molecule has 3 fully saturated rings. The molecule has 3 rings (SSSR count). The molecule has 3 saturated heterocycles. The first kappa shape index (κ1) is 26.8. The van der Waals surface area contributed by atoms with E-state index in [-0.39, 0.29) is 37.0 Å². The van der Waals surface area contributed by atoms with Crippen molar-refractivity contribution in [3.05, 3.63) is 25.3 Å². The summed E-state index contributed by atoms with van der Waals surface area (Å²) in [6.07, 6.45) is 8.00. The number of nitrogens with zero attached hydrogens (tertiary/aromatic N) is 2. The van der Waals surface area contributed by atoms with Gasteiger partial charge in [-0.3, -0.25) is 14.4 Å². The van der Waals surface area contributed by atoms with Crippen molar-refractivity contribution in [2.75, 3.05) is 26.3 Å². The van der Waals surface area contributed by atoms with Gasteiger partial charge in [0.15, 0.2) is 0 Å². The predicted octanol–water partition coefficient (Wildman–Crippen LogP) is 3.17. The van der Waals surface area contributed by atoms with E-state index in [4.69, 9.17) is 9.84 Å². The zero-order valence-electron chi connectivity index (χ0n) is 20.8. The fourth-order valence-electron chi connectivity index (χ4n) is 6.13. The highest BCUT2D eigenvalue weighted by atomic mass is 32.2. The Bertz CT molecular complexity index is 817. The third kappa shape index (κ3) is 4.55. The molecule has 8 heteroatoms. The molecule has 0 aliphatic carbocycles. The minimum atomic E-state index is -0.625. The lowest BCUT2D eigenvalue weighted by Gasteiger charge is -2.38. The lowest BCUT2D eigenvalue weighted by molar-refractivity contribution is -0.154. The van der Waals surface area contributed by atoms with Crippen LogP contribution in [-0.2, 0) is 19.1 Å². The van der Waals surface area contributed by atoms with Gasteiger partial charge in [0.1, 0.15) is 12.6 Å². The second-order valence-corrected chi connectivity index (χ2v) is 12.1. The molecule has 1 spiro atoms. The molecule has 0 aromatic heterocycles. The monoisotopic (exact) mass is 492 g/mol. The van der Waals surface area contributed by atoms with Crippen molar-refractivity contribution in [1.82, 2.24) is 9.80 Å². The van der Waals surface area contributed by atoms with Gasteiger partial charge in [-0.1, -0.05) is 31.6 Å². The van der Waals surface area contributed by atoms with Crippen LogP contribution in [0.1, 0.15) is 59.3 Å². The van der Waals surface area contributed by atoms with Gasteiger partial charge in [0.2, 0.25) is 11.8 Å². The quantitative estimate of drug-likeness (QED) is 0.241. The Kier molecular flexibility index (Phi) is 8.56. The van der Waals surface area contributed by atoms with E-state index in [1.54, 1.807) is 27.6 Å². The normalized spacial score (nSPS) is 31.6. The Morgan fingerprint density at radius 2 is 1.94 bits per heavy atom. The van der Waals surface area contributed by atoms with Crippen LogP contribution in [0.25, 0.3) is 0 Å². The Balaban J connectivity index is 1.97. The summed E-state index contributed by atoms with van der Waals surface area (Å²) in [5.74, 6) is -1.65. The molecule has 7 nitrogen and oxygen atoms in total. The molecule has 2 amide bonds. The molecule has 0 aromatic rings. The molecule has 2 unspecified atom stereocenters. The van der Waals surface area contributed by atoms with Crippen LogP contribution in [0.15, 0.2) is 25.3 Å². The van der Waals surface area contributed by atoms with Crippen molar-refractivity contribution in [3.63, 3.8) is 0 Å². The fourth-order valence-corrected chi connectivity index (χ4v) is 8.47. The third-order valence-corrected chi connectivity index (χ3v) is 9.63. The maximum Gasteiger partial charge on any atom is 0.311 e. The summed E-state index contributed by atoms with van der Waals surface area (Å²) in [5, 5.41) is 9.07. The predicted molar refractivity (Wildman–Crippen MR) is 134 cm³/mol. The second-order valence-electron chi connectivity index (χ2n) is 10.2. The van der Waals surface area contributed by atoms with Crippen LogP contribution < -0.4 is 0 Å². The van der Waals surface area contributed by atoms with Crippen molar-refractivity contribution >= 4 is 29.5 Å². The van der Waals surface area contributed by atoms with Crippen molar-refractivity contribution in [1.29, 1.82) is 0 Å². The maximum absolute atomic E-state index is 14.1. The van der Waals surface area contributed by atoms with Gasteiger partial charge in [-0.25, -0.2) is 0 Å². The number of fused-ring (bicyclic) bond motifs is 1. The Labute approximate surface area is 208 Å². The lowest BCUT2D eigenvalue weighted by Crippen LogP contribution is -2.56. The van der Waals surface area contributed by atoms with Gasteiger partial charge in [-0.2, -0.15) is 0 Å². The van der Waals surface area contributed by atoms with Crippen molar-refractivity contribution in [3.8, 4) is 0 Å². The first-order valence-electron chi connectivity index (χ1n) is 12.5. The molecule has 0 radical (unpaired) electrons. The van der Waals surface area contributed by atoms with Crippen molar-refractivity contribution < 1.29 is 24.2 Å². The number of aliphatic hydroxyl groups excluding tert-OH is 1. The number of hydrogen-bond acceptors (Lipinski definition) is 6. The van der Waals surface area contributed by atoms with E-state index in [9.17, 15) is 14.4 Å². The average molecular weight is 493 g/mol. The number of hydrogen-bond donors (Lipinski definition) is 1. The number of thioether (sulfide) groups is 1. The second kappa shape index (κ2) is 10.9. The van der Waals surface area contributed by atoms with Crippen molar-refractivity contribution in [2.45, 2.75) is 80.9 Å². The number of carbonyl (C=O) groups excluding carboxylic acids is 3. The zero-order chi connectivity index (χ0) is 25.1. The molecule has 2 bridgehead atoms. The van der Waals surface area contributed by atoms with Crippen LogP contribution in [0.4, 0.5) is 0 Å². The van der Waals surface area contributed by atoms with Gasteiger partial charge in [0.25, 0.3) is 0 Å². The highest BCUT2D eigenvalue weighted by molar-refractivity contribution is 8.02. The molecular formula is C26H40N2O5S. The first-order valence-corrected chi connectivity index (χ1v) is 13.3. The number of carbonyl (C=O) groups is 3. The summed E-state index contributed by atoms with van der Waals surface area (Å²) < 4.78 is 4.40. The van der Waals surface area contributed by atoms with Crippen LogP contribution in [-0.4, -0.2) is 80.6 Å². The number of aliphatic hydroxyl groups is 1. The van der Waals surface area contributed by atoms with Gasteiger partial charge in [-0.15, -0.1) is 18.3 Å². The number of esters is 1. The summed E-state index contributed by atoms with van der Waals surface area (Å²) in [6.45, 7) is 14.6. The van der Waals surface area contributed by atoms with Crippen molar-refractivity contribution in [2.24, 2.45) is 11.8 Å². The van der Waals surface area contributed by atoms with Crippen LogP contribution in [0.2, 0.25) is 0 Å². The summed E-state index contributed by atoms with van der Waals surface area (Å²) in [5.41, 5.74) is 0. The van der Waals surface area contributed by atoms with Crippen LogP contribution in [0, 0.1) is 11.8 Å². The van der Waals surface area contributed by atoms with E-state index in [2.05, 4.69) is 13.2 Å². The van der Waals surface area contributed by atoms with E-state index >= 15 is 0 Å². The molecule has 0 saturated carbocycles. The van der Waals surface area contributed by atoms with Gasteiger partial charge in [0, 0.05) is 30.5 Å². The molecule has 34 heavy (non-hydrogen) atoms. The lowest BCUT2D eigenvalue weighted by atomic mass is 9.66.